The molecule has 2 unspecified atom stereocenters. The number of ether oxygens (including phenoxy) is 1. The second-order valence-electron chi connectivity index (χ2n) is 5.91. The SMILES string of the molecule is CCCCCCCCCCCCC(C)OC(C)CO.[NaH]. The van der Waals surface area contributed by atoms with Gasteiger partial charge in [0.2, 0.25) is 0 Å². The molecular weight excluding hydrogens is 259 g/mol. The van der Waals surface area contributed by atoms with Crippen molar-refractivity contribution >= 4 is 29.6 Å². The van der Waals surface area contributed by atoms with Crippen LogP contribution >= 0.6 is 0 Å². The number of hydrogen-bond donors (Lipinski definition) is 1. The second-order valence-corrected chi connectivity index (χ2v) is 5.91. The molecular formula is C17H37NaO2. The van der Waals surface area contributed by atoms with Gasteiger partial charge in [-0.25, -0.2) is 0 Å². The maximum absolute atomic E-state index is 8.90. The van der Waals surface area contributed by atoms with Crippen LogP contribution in [0.15, 0.2) is 0 Å². The van der Waals surface area contributed by atoms with Crippen molar-refractivity contribution in [3.8, 4) is 0 Å². The van der Waals surface area contributed by atoms with Crippen molar-refractivity contribution in [2.24, 2.45) is 0 Å². The third kappa shape index (κ3) is 17.0. The molecule has 0 bridgehead atoms. The summed E-state index contributed by atoms with van der Waals surface area (Å²) < 4.78 is 5.63. The van der Waals surface area contributed by atoms with Gasteiger partial charge in [0.05, 0.1) is 18.8 Å². The average Bonchev–Trinajstić information content (AvgIpc) is 2.40. The Bertz CT molecular complexity index is 176. The molecule has 0 rings (SSSR count). The second kappa shape index (κ2) is 18.0. The van der Waals surface area contributed by atoms with E-state index in [9.17, 15) is 0 Å². The van der Waals surface area contributed by atoms with Crippen molar-refractivity contribution < 1.29 is 9.84 Å². The summed E-state index contributed by atoms with van der Waals surface area (Å²) in [5.74, 6) is 0. The standard InChI is InChI=1S/C17H36O2.Na.H/c1-4-5-6-7-8-9-10-11-12-13-14-16(2)19-17(3)15-18;;/h16-18H,4-15H2,1-3H3;;. The van der Waals surface area contributed by atoms with Crippen molar-refractivity contribution in [1.29, 1.82) is 0 Å². The Labute approximate surface area is 149 Å². The first-order chi connectivity index (χ1) is 9.20. The quantitative estimate of drug-likeness (QED) is 0.379. The molecule has 20 heavy (non-hydrogen) atoms. The Kier molecular flexibility index (Phi) is 20.8. The first-order valence-corrected chi connectivity index (χ1v) is 8.47. The van der Waals surface area contributed by atoms with Gasteiger partial charge in [0, 0.05) is 0 Å². The zero-order valence-electron chi connectivity index (χ0n) is 13.5. The van der Waals surface area contributed by atoms with Crippen LogP contribution in [0.25, 0.3) is 0 Å². The summed E-state index contributed by atoms with van der Waals surface area (Å²) in [6.07, 6.45) is 15.2. The van der Waals surface area contributed by atoms with Crippen LogP contribution in [0.4, 0.5) is 0 Å². The molecule has 3 heteroatoms. The van der Waals surface area contributed by atoms with E-state index < -0.39 is 0 Å². The van der Waals surface area contributed by atoms with E-state index in [1.54, 1.807) is 0 Å². The van der Waals surface area contributed by atoms with Crippen LogP contribution in [-0.4, -0.2) is 53.5 Å². The molecule has 0 saturated heterocycles. The fourth-order valence-corrected chi connectivity index (χ4v) is 2.43. The predicted molar refractivity (Wildman–Crippen MR) is 90.7 cm³/mol. The zero-order chi connectivity index (χ0) is 14.3. The molecule has 0 aliphatic heterocycles. The van der Waals surface area contributed by atoms with E-state index in [2.05, 4.69) is 13.8 Å². The molecule has 0 radical (unpaired) electrons. The Morgan fingerprint density at radius 2 is 1.20 bits per heavy atom. The van der Waals surface area contributed by atoms with Gasteiger partial charge in [-0.05, 0) is 20.3 Å². The van der Waals surface area contributed by atoms with Gasteiger partial charge in [0.1, 0.15) is 0 Å². The maximum atomic E-state index is 8.90. The topological polar surface area (TPSA) is 29.5 Å². The van der Waals surface area contributed by atoms with Gasteiger partial charge in [0.25, 0.3) is 0 Å². The van der Waals surface area contributed by atoms with Crippen molar-refractivity contribution in [2.75, 3.05) is 6.61 Å². The normalized spacial score (nSPS) is 13.8. The van der Waals surface area contributed by atoms with Crippen LogP contribution in [0.3, 0.4) is 0 Å². The van der Waals surface area contributed by atoms with Crippen molar-refractivity contribution in [3.05, 3.63) is 0 Å². The Balaban J connectivity index is 0. The molecule has 118 valence electrons. The summed E-state index contributed by atoms with van der Waals surface area (Å²) in [6, 6.07) is 0. The molecule has 0 aliphatic rings. The van der Waals surface area contributed by atoms with Crippen LogP contribution in [0.1, 0.15) is 91.4 Å². The summed E-state index contributed by atoms with van der Waals surface area (Å²) in [5.41, 5.74) is 0. The summed E-state index contributed by atoms with van der Waals surface area (Å²) in [5, 5.41) is 8.90. The Morgan fingerprint density at radius 1 is 0.750 bits per heavy atom. The van der Waals surface area contributed by atoms with Crippen LogP contribution < -0.4 is 0 Å². The predicted octanol–water partition coefficient (Wildman–Crippen LogP) is 4.43. The van der Waals surface area contributed by atoms with E-state index in [4.69, 9.17) is 9.84 Å². The average molecular weight is 296 g/mol. The summed E-state index contributed by atoms with van der Waals surface area (Å²) in [4.78, 5) is 0. The molecule has 0 saturated carbocycles. The van der Waals surface area contributed by atoms with E-state index in [1.807, 2.05) is 6.92 Å². The fourth-order valence-electron chi connectivity index (χ4n) is 2.43. The van der Waals surface area contributed by atoms with Crippen molar-refractivity contribution in [1.82, 2.24) is 0 Å². The third-order valence-electron chi connectivity index (χ3n) is 3.69. The molecule has 0 heterocycles. The Morgan fingerprint density at radius 3 is 1.65 bits per heavy atom. The molecule has 0 amide bonds. The van der Waals surface area contributed by atoms with Crippen LogP contribution in [0.5, 0.6) is 0 Å². The number of unbranched alkanes of at least 4 members (excludes halogenated alkanes) is 9. The first kappa shape index (κ1) is 23.2. The van der Waals surface area contributed by atoms with E-state index in [0.29, 0.717) is 0 Å². The van der Waals surface area contributed by atoms with Gasteiger partial charge in [-0.2, -0.15) is 0 Å². The van der Waals surface area contributed by atoms with Gasteiger partial charge >= 0.3 is 29.6 Å². The molecule has 0 aromatic carbocycles. The van der Waals surface area contributed by atoms with E-state index in [-0.39, 0.29) is 48.4 Å². The van der Waals surface area contributed by atoms with Crippen LogP contribution in [0.2, 0.25) is 0 Å². The molecule has 2 nitrogen and oxygen atoms in total. The van der Waals surface area contributed by atoms with E-state index in [0.717, 1.165) is 6.42 Å². The van der Waals surface area contributed by atoms with Gasteiger partial charge in [-0.15, -0.1) is 0 Å². The minimum atomic E-state index is -0.0156. The van der Waals surface area contributed by atoms with Crippen LogP contribution in [0, 0.1) is 0 Å². The van der Waals surface area contributed by atoms with Gasteiger partial charge in [0.15, 0.2) is 0 Å². The molecule has 0 aromatic heterocycles. The number of rotatable bonds is 14. The minimum absolute atomic E-state index is 0. The zero-order valence-corrected chi connectivity index (χ0v) is 13.5. The van der Waals surface area contributed by atoms with Gasteiger partial charge in [-0.3, -0.25) is 0 Å². The molecule has 0 aliphatic carbocycles. The van der Waals surface area contributed by atoms with Gasteiger partial charge < -0.3 is 9.84 Å². The molecule has 1 N–H and O–H groups in total. The van der Waals surface area contributed by atoms with E-state index >= 15 is 0 Å². The van der Waals surface area contributed by atoms with Crippen molar-refractivity contribution in [2.45, 2.75) is 104 Å². The number of hydrogen-bond acceptors (Lipinski definition) is 2. The summed E-state index contributed by atoms with van der Waals surface area (Å²) in [7, 11) is 0. The number of aliphatic hydroxyl groups excluding tert-OH is 1. The fraction of sp³-hybridized carbons (Fsp3) is 1.00. The van der Waals surface area contributed by atoms with Crippen molar-refractivity contribution in [3.63, 3.8) is 0 Å². The van der Waals surface area contributed by atoms with Crippen LogP contribution in [-0.2, 0) is 4.74 Å². The number of aliphatic hydroxyl groups is 1. The summed E-state index contributed by atoms with van der Waals surface area (Å²) in [6.45, 7) is 6.43. The third-order valence-corrected chi connectivity index (χ3v) is 3.69. The Hall–Kier alpha value is 0.920. The molecule has 0 spiro atoms. The monoisotopic (exact) mass is 296 g/mol. The van der Waals surface area contributed by atoms with Gasteiger partial charge in [-0.1, -0.05) is 71.1 Å². The van der Waals surface area contributed by atoms with E-state index in [1.165, 1.54) is 64.2 Å². The summed E-state index contributed by atoms with van der Waals surface area (Å²) >= 11 is 0. The molecule has 2 atom stereocenters. The molecule has 0 aromatic rings. The molecule has 0 fully saturated rings. The first-order valence-electron chi connectivity index (χ1n) is 8.47.